The molecule has 0 spiro atoms. The minimum atomic E-state index is -0.558. The maximum atomic E-state index is 12.9. The van der Waals surface area contributed by atoms with E-state index in [0.717, 1.165) is 0 Å². The lowest BCUT2D eigenvalue weighted by Gasteiger charge is -2.23. The highest BCUT2D eigenvalue weighted by atomic mass is 32.1. The number of hydrogen-bond acceptors (Lipinski definition) is 10. The molecular weight excluding hydrogens is 805 g/mol. The van der Waals surface area contributed by atoms with Crippen LogP contribution in [-0.2, 0) is 4.79 Å². The summed E-state index contributed by atoms with van der Waals surface area (Å²) in [5.74, 6) is 0.0269. The van der Waals surface area contributed by atoms with Gasteiger partial charge in [-0.25, -0.2) is 24.0 Å². The zero-order valence-corrected chi connectivity index (χ0v) is 35.8. The van der Waals surface area contributed by atoms with Crippen LogP contribution in [-0.4, -0.2) is 149 Å². The molecule has 344 valence electrons. The van der Waals surface area contributed by atoms with Gasteiger partial charge in [-0.15, -0.1) is 0 Å². The molecule has 0 radical (unpaired) electrons. The number of nitrogens with two attached hydrogens (primary N) is 6. The minimum Gasteiger partial charge on any atom is -0.370 e. The van der Waals surface area contributed by atoms with E-state index in [1.165, 1.54) is 7.05 Å². The van der Waals surface area contributed by atoms with Crippen molar-refractivity contribution in [3.05, 3.63) is 0 Å². The highest BCUT2D eigenvalue weighted by molar-refractivity contribution is 7.80. The zero-order valence-electron chi connectivity index (χ0n) is 34.9. The largest absolute Gasteiger partial charge is 0.370 e. The van der Waals surface area contributed by atoms with Gasteiger partial charge in [-0.05, 0) is 58.1 Å². The molecule has 0 aromatic rings. The summed E-state index contributed by atoms with van der Waals surface area (Å²) >= 11 is 4.04. The van der Waals surface area contributed by atoms with E-state index in [0.29, 0.717) is 63.9 Å². The number of carbonyl (C=O) groups is 6. The first kappa shape index (κ1) is 54.0. The number of nitrogens with one attached hydrogen (secondary N) is 11. The van der Waals surface area contributed by atoms with Gasteiger partial charge >= 0.3 is 30.2 Å². The summed E-state index contributed by atoms with van der Waals surface area (Å²) in [7, 11) is 1.47. The van der Waals surface area contributed by atoms with E-state index in [4.69, 9.17) is 34.4 Å². The van der Waals surface area contributed by atoms with Crippen molar-refractivity contribution in [2.45, 2.75) is 89.0 Å². The molecule has 11 amide bonds. The fraction of sp³-hybridized carbons (Fsp3) is 0.727. The van der Waals surface area contributed by atoms with Crippen molar-refractivity contribution >= 4 is 66.6 Å². The molecule has 60 heavy (non-hydrogen) atoms. The van der Waals surface area contributed by atoms with Gasteiger partial charge in [0.05, 0.1) is 0 Å². The summed E-state index contributed by atoms with van der Waals surface area (Å²) < 4.78 is 0. The van der Waals surface area contributed by atoms with Gasteiger partial charge in [0.1, 0.15) is 0 Å². The average Bonchev–Trinajstić information content (AvgIpc) is 3.17. The SMILES string of the molecule is CNC(=O)NCC(CCCN=C(N)N)NC(=O)NC[C@H](CCCN=C(N)N)NC(=O)NCC(C)NC(=O)NC[C@H](CCCN=C(N)N)NC(=O)NCC(C)NC(=O)CCS. The quantitative estimate of drug-likeness (QED) is 0.0147. The predicted octanol–water partition coefficient (Wildman–Crippen LogP) is -4.41. The highest BCUT2D eigenvalue weighted by Gasteiger charge is 2.19. The molecule has 0 heterocycles. The Morgan fingerprint density at radius 2 is 0.800 bits per heavy atom. The lowest BCUT2D eigenvalue weighted by molar-refractivity contribution is -0.121. The summed E-state index contributed by atoms with van der Waals surface area (Å²) in [6, 6.07) is -4.90. The van der Waals surface area contributed by atoms with E-state index in [1.54, 1.807) is 13.8 Å². The summed E-state index contributed by atoms with van der Waals surface area (Å²) in [6.07, 6.45) is 3.05. The molecule has 0 aliphatic heterocycles. The fourth-order valence-electron chi connectivity index (χ4n) is 5.08. The van der Waals surface area contributed by atoms with Gasteiger partial charge in [0.15, 0.2) is 17.9 Å². The Labute approximate surface area is 356 Å². The molecule has 3 unspecified atom stereocenters. The Balaban J connectivity index is 5.20. The lowest BCUT2D eigenvalue weighted by atomic mass is 10.1. The molecule has 5 atom stereocenters. The number of nitrogens with zero attached hydrogens (tertiary/aromatic N) is 3. The van der Waals surface area contributed by atoms with E-state index < -0.39 is 54.3 Å². The third kappa shape index (κ3) is 32.0. The maximum absolute atomic E-state index is 12.9. The Kier molecular flexibility index (Phi) is 29.6. The molecule has 0 aliphatic rings. The molecule has 0 bridgehead atoms. The maximum Gasteiger partial charge on any atom is 0.315 e. The number of carbonyl (C=O) groups excluding carboxylic acids is 6. The normalized spacial score (nSPS) is 12.9. The van der Waals surface area contributed by atoms with E-state index >= 15 is 0 Å². The van der Waals surface area contributed by atoms with Crippen molar-refractivity contribution in [3.8, 4) is 0 Å². The van der Waals surface area contributed by atoms with Crippen molar-refractivity contribution in [1.82, 2.24) is 58.5 Å². The first-order valence-electron chi connectivity index (χ1n) is 19.6. The van der Waals surface area contributed by atoms with Crippen LogP contribution in [0, 0.1) is 0 Å². The molecular formula is C33H70N20O6S. The van der Waals surface area contributed by atoms with Gasteiger partial charge in [-0.3, -0.25) is 19.8 Å². The number of hydrogen-bond donors (Lipinski definition) is 18. The van der Waals surface area contributed by atoms with Crippen LogP contribution in [0.1, 0.15) is 58.8 Å². The Hall–Kier alpha value is -6.02. The van der Waals surface area contributed by atoms with Gasteiger partial charge < -0.3 is 92.9 Å². The first-order chi connectivity index (χ1) is 28.4. The molecule has 0 aromatic heterocycles. The molecule has 23 N–H and O–H groups in total. The van der Waals surface area contributed by atoms with Crippen LogP contribution in [0.4, 0.5) is 24.0 Å². The van der Waals surface area contributed by atoms with Gasteiger partial charge in [0.25, 0.3) is 0 Å². The third-order valence-corrected chi connectivity index (χ3v) is 8.26. The van der Waals surface area contributed by atoms with Crippen molar-refractivity contribution in [3.63, 3.8) is 0 Å². The molecule has 0 fully saturated rings. The molecule has 26 nitrogen and oxygen atoms in total. The van der Waals surface area contributed by atoms with Crippen molar-refractivity contribution in [2.75, 3.05) is 65.2 Å². The van der Waals surface area contributed by atoms with E-state index in [1.807, 2.05) is 0 Å². The summed E-state index contributed by atoms with van der Waals surface area (Å²) in [5.41, 5.74) is 32.4. The topological polar surface area (TPSA) is 428 Å². The van der Waals surface area contributed by atoms with Crippen molar-refractivity contribution in [1.29, 1.82) is 0 Å². The lowest BCUT2D eigenvalue weighted by Crippen LogP contribution is -2.54. The standard InChI is InChI=1S/C33H70N20O6S/c1-20(49-25(54)10-14-60)15-44-31(57)51-23(8-5-12-42-27(36)37)18-47-30(56)50-21(2)16-45-32(58)52-24(9-6-13-43-28(38)39)19-48-33(59)53-22(17-46-29(55)40-3)7-4-11-41-26(34)35/h20-24,60H,4-19H2,1-3H3,(H,49,54)(H4,34,35,41)(H4,36,37,42)(H4,38,39,43)(H2,40,46,55)(H2,44,51,57)(H2,45,52,58)(H2,47,50,56)(H2,48,53,59)/t20?,21?,22?,23-,24-/m0/s1. The molecule has 0 rings (SSSR count). The number of thiol groups is 1. The number of urea groups is 5. The first-order valence-corrected chi connectivity index (χ1v) is 20.3. The number of amides is 11. The Morgan fingerprint density at radius 3 is 1.13 bits per heavy atom. The van der Waals surface area contributed by atoms with Crippen LogP contribution < -0.4 is 92.9 Å². The van der Waals surface area contributed by atoms with Crippen LogP contribution in [0.25, 0.3) is 0 Å². The van der Waals surface area contributed by atoms with Gasteiger partial charge in [0.2, 0.25) is 5.91 Å². The molecule has 0 saturated heterocycles. The van der Waals surface area contributed by atoms with Gasteiger partial charge in [0, 0.05) is 96.0 Å². The second kappa shape index (κ2) is 32.9. The van der Waals surface area contributed by atoms with E-state index in [2.05, 4.69) is 86.1 Å². The second-order valence-electron chi connectivity index (χ2n) is 13.7. The number of aliphatic imine (C=N–C) groups is 3. The zero-order chi connectivity index (χ0) is 45.3. The van der Waals surface area contributed by atoms with Crippen LogP contribution in [0.15, 0.2) is 15.0 Å². The summed E-state index contributed by atoms with van der Waals surface area (Å²) in [4.78, 5) is 86.6. The summed E-state index contributed by atoms with van der Waals surface area (Å²) in [6.45, 7) is 4.81. The molecule has 0 aliphatic carbocycles. The number of guanidine groups is 3. The smallest absolute Gasteiger partial charge is 0.315 e. The minimum absolute atomic E-state index is 0.0338. The van der Waals surface area contributed by atoms with Crippen molar-refractivity contribution in [2.24, 2.45) is 49.4 Å². The van der Waals surface area contributed by atoms with Crippen LogP contribution in [0.2, 0.25) is 0 Å². The van der Waals surface area contributed by atoms with Crippen LogP contribution in [0.3, 0.4) is 0 Å². The van der Waals surface area contributed by atoms with Crippen molar-refractivity contribution < 1.29 is 28.8 Å². The van der Waals surface area contributed by atoms with Crippen LogP contribution >= 0.6 is 12.6 Å². The Morgan fingerprint density at radius 1 is 0.483 bits per heavy atom. The predicted molar refractivity (Wildman–Crippen MR) is 235 cm³/mol. The second-order valence-corrected chi connectivity index (χ2v) is 14.1. The number of rotatable bonds is 29. The van der Waals surface area contributed by atoms with Gasteiger partial charge in [-0.1, -0.05) is 0 Å². The summed E-state index contributed by atoms with van der Waals surface area (Å²) in [5, 5.41) is 29.9. The highest BCUT2D eigenvalue weighted by Crippen LogP contribution is 2.01. The fourth-order valence-corrected chi connectivity index (χ4v) is 5.28. The molecule has 0 aromatic carbocycles. The van der Waals surface area contributed by atoms with Gasteiger partial charge in [-0.2, -0.15) is 12.6 Å². The third-order valence-electron chi connectivity index (χ3n) is 8.04. The molecule has 27 heteroatoms. The van der Waals surface area contributed by atoms with Crippen LogP contribution in [0.5, 0.6) is 0 Å². The average molecular weight is 875 g/mol. The molecule has 0 saturated carbocycles. The Bertz CT molecular complexity index is 1390. The van der Waals surface area contributed by atoms with E-state index in [-0.39, 0.29) is 69.0 Å². The monoisotopic (exact) mass is 875 g/mol. The van der Waals surface area contributed by atoms with E-state index in [9.17, 15) is 28.8 Å².